The molecule has 1 amide bonds. The number of nitrogens with one attached hydrogen (secondary N) is 1. The van der Waals surface area contributed by atoms with Gasteiger partial charge in [-0.2, -0.15) is 0 Å². The van der Waals surface area contributed by atoms with Gasteiger partial charge >= 0.3 is 0 Å². The van der Waals surface area contributed by atoms with Crippen molar-refractivity contribution in [3.63, 3.8) is 0 Å². The van der Waals surface area contributed by atoms with Crippen LogP contribution in [-0.4, -0.2) is 32.6 Å². The molecule has 0 bridgehead atoms. The molecule has 0 radical (unpaired) electrons. The number of aromatic nitrogens is 3. The molecule has 7 heteroatoms. The minimum Gasteiger partial charge on any atom is -0.467 e. The highest BCUT2D eigenvalue weighted by atomic mass is 16.3. The zero-order valence-electron chi connectivity index (χ0n) is 12.3. The van der Waals surface area contributed by atoms with E-state index in [1.165, 1.54) is 6.26 Å². The molecule has 2 N–H and O–H groups in total. The van der Waals surface area contributed by atoms with Gasteiger partial charge in [-0.1, -0.05) is 35.5 Å². The largest absolute Gasteiger partial charge is 0.467 e. The molecule has 118 valence electrons. The maximum atomic E-state index is 12.2. The van der Waals surface area contributed by atoms with Gasteiger partial charge in [-0.05, 0) is 17.7 Å². The fourth-order valence-electron chi connectivity index (χ4n) is 2.18. The quantitative estimate of drug-likeness (QED) is 0.717. The topological polar surface area (TPSA) is 93.2 Å². The van der Waals surface area contributed by atoms with Crippen molar-refractivity contribution in [3.8, 4) is 0 Å². The number of rotatable bonds is 6. The van der Waals surface area contributed by atoms with Crippen LogP contribution < -0.4 is 5.32 Å². The molecule has 1 aromatic carbocycles. The zero-order chi connectivity index (χ0) is 16.1. The van der Waals surface area contributed by atoms with E-state index in [1.807, 2.05) is 30.3 Å². The number of furan rings is 1. The number of hydrogen-bond acceptors (Lipinski definition) is 5. The first-order valence-electron chi connectivity index (χ1n) is 7.15. The smallest absolute Gasteiger partial charge is 0.274 e. The molecule has 3 aromatic rings. The maximum absolute atomic E-state index is 12.2. The van der Waals surface area contributed by atoms with Crippen molar-refractivity contribution in [2.24, 2.45) is 0 Å². The van der Waals surface area contributed by atoms with Gasteiger partial charge in [0.25, 0.3) is 5.91 Å². The van der Waals surface area contributed by atoms with Crippen LogP contribution in [0.4, 0.5) is 0 Å². The van der Waals surface area contributed by atoms with Crippen LogP contribution in [0.15, 0.2) is 59.3 Å². The van der Waals surface area contributed by atoms with Crippen LogP contribution in [0.3, 0.4) is 0 Å². The van der Waals surface area contributed by atoms with Crippen LogP contribution in [0.1, 0.15) is 27.9 Å². The number of amides is 1. The van der Waals surface area contributed by atoms with Crippen molar-refractivity contribution in [2.75, 3.05) is 6.61 Å². The first kappa shape index (κ1) is 15.0. The number of aliphatic hydroxyl groups is 1. The molecule has 0 fully saturated rings. The Morgan fingerprint density at radius 1 is 1.26 bits per heavy atom. The summed E-state index contributed by atoms with van der Waals surface area (Å²) in [6.07, 6.45) is 3.05. The highest BCUT2D eigenvalue weighted by molar-refractivity contribution is 5.92. The van der Waals surface area contributed by atoms with Crippen LogP contribution in [-0.2, 0) is 6.54 Å². The van der Waals surface area contributed by atoms with Crippen molar-refractivity contribution in [3.05, 3.63) is 71.9 Å². The van der Waals surface area contributed by atoms with E-state index in [-0.39, 0.29) is 12.3 Å². The van der Waals surface area contributed by atoms with Gasteiger partial charge in [-0.15, -0.1) is 5.10 Å². The fourth-order valence-corrected chi connectivity index (χ4v) is 2.18. The molecule has 0 saturated carbocycles. The van der Waals surface area contributed by atoms with Gasteiger partial charge in [0.2, 0.25) is 0 Å². The highest BCUT2D eigenvalue weighted by Crippen LogP contribution is 2.13. The molecule has 2 heterocycles. The summed E-state index contributed by atoms with van der Waals surface area (Å²) < 4.78 is 6.78. The van der Waals surface area contributed by atoms with Crippen molar-refractivity contribution in [2.45, 2.75) is 12.6 Å². The molecule has 0 aliphatic heterocycles. The minimum absolute atomic E-state index is 0.186. The van der Waals surface area contributed by atoms with Gasteiger partial charge in [-0.25, -0.2) is 4.68 Å². The summed E-state index contributed by atoms with van der Waals surface area (Å²) in [6.45, 7) is 0.264. The van der Waals surface area contributed by atoms with Crippen LogP contribution in [0.25, 0.3) is 0 Å². The van der Waals surface area contributed by atoms with E-state index in [4.69, 9.17) is 4.42 Å². The third-order valence-electron chi connectivity index (χ3n) is 3.33. The lowest BCUT2D eigenvalue weighted by atomic mass is 10.2. The summed E-state index contributed by atoms with van der Waals surface area (Å²) in [5.41, 5.74) is 1.25. The number of hydrogen-bond donors (Lipinski definition) is 2. The Balaban J connectivity index is 1.66. The van der Waals surface area contributed by atoms with Crippen molar-refractivity contribution in [1.82, 2.24) is 20.3 Å². The molecule has 0 spiro atoms. The lowest BCUT2D eigenvalue weighted by Gasteiger charge is -2.12. The second-order valence-corrected chi connectivity index (χ2v) is 5.01. The van der Waals surface area contributed by atoms with E-state index in [9.17, 15) is 9.90 Å². The van der Waals surface area contributed by atoms with E-state index in [2.05, 4.69) is 15.6 Å². The molecule has 2 aromatic heterocycles. The minimum atomic E-state index is -0.614. The van der Waals surface area contributed by atoms with Crippen LogP contribution in [0.2, 0.25) is 0 Å². The Morgan fingerprint density at radius 3 is 2.78 bits per heavy atom. The highest BCUT2D eigenvalue weighted by Gasteiger charge is 2.19. The lowest BCUT2D eigenvalue weighted by molar-refractivity contribution is 0.0902. The standard InChI is InChI=1S/C16H16N4O3/c21-11-14(15-7-4-8-23-15)17-16(22)13-10-20(19-18-13)9-12-5-2-1-3-6-12/h1-8,10,14,21H,9,11H2,(H,17,22). The Hall–Kier alpha value is -2.93. The summed E-state index contributed by atoms with van der Waals surface area (Å²) >= 11 is 0. The summed E-state index contributed by atoms with van der Waals surface area (Å²) in [5.74, 6) is 0.0669. The van der Waals surface area contributed by atoms with E-state index in [0.717, 1.165) is 5.56 Å². The van der Waals surface area contributed by atoms with Crippen molar-refractivity contribution < 1.29 is 14.3 Å². The predicted octanol–water partition coefficient (Wildman–Crippen LogP) is 1.38. The van der Waals surface area contributed by atoms with Crippen LogP contribution in [0.5, 0.6) is 0 Å². The molecule has 0 aliphatic carbocycles. The van der Waals surface area contributed by atoms with Gasteiger partial charge < -0.3 is 14.8 Å². The van der Waals surface area contributed by atoms with Crippen LogP contribution in [0, 0.1) is 0 Å². The van der Waals surface area contributed by atoms with E-state index < -0.39 is 11.9 Å². The van der Waals surface area contributed by atoms with Gasteiger partial charge in [-0.3, -0.25) is 4.79 Å². The lowest BCUT2D eigenvalue weighted by Crippen LogP contribution is -2.30. The van der Waals surface area contributed by atoms with Gasteiger partial charge in [0, 0.05) is 0 Å². The van der Waals surface area contributed by atoms with E-state index in [1.54, 1.807) is 23.0 Å². The fraction of sp³-hybridized carbons (Fsp3) is 0.188. The Bertz CT molecular complexity index is 753. The average Bonchev–Trinajstić information content (AvgIpc) is 3.25. The Labute approximate surface area is 132 Å². The second-order valence-electron chi connectivity index (χ2n) is 5.01. The summed E-state index contributed by atoms with van der Waals surface area (Å²) in [5, 5.41) is 19.9. The molecule has 0 aliphatic rings. The summed E-state index contributed by atoms with van der Waals surface area (Å²) in [6, 6.07) is 12.5. The van der Waals surface area contributed by atoms with Crippen molar-refractivity contribution >= 4 is 5.91 Å². The normalized spacial score (nSPS) is 12.0. The number of nitrogens with zero attached hydrogens (tertiary/aromatic N) is 3. The van der Waals surface area contributed by atoms with Crippen LogP contribution >= 0.6 is 0 Å². The molecule has 7 nitrogen and oxygen atoms in total. The number of benzene rings is 1. The molecule has 1 unspecified atom stereocenters. The molecule has 3 rings (SSSR count). The molecular formula is C16H16N4O3. The van der Waals surface area contributed by atoms with Crippen molar-refractivity contribution in [1.29, 1.82) is 0 Å². The Morgan fingerprint density at radius 2 is 2.09 bits per heavy atom. The first-order valence-corrected chi connectivity index (χ1v) is 7.15. The third-order valence-corrected chi connectivity index (χ3v) is 3.33. The number of aliphatic hydroxyl groups excluding tert-OH is 1. The molecule has 1 atom stereocenters. The maximum Gasteiger partial charge on any atom is 0.274 e. The van der Waals surface area contributed by atoms with E-state index >= 15 is 0 Å². The van der Waals surface area contributed by atoms with Gasteiger partial charge in [0.05, 0.1) is 25.6 Å². The SMILES string of the molecule is O=C(NC(CO)c1ccco1)c1cn(Cc2ccccc2)nn1. The molecule has 23 heavy (non-hydrogen) atoms. The number of carbonyl (C=O) groups excluding carboxylic acids is 1. The number of carbonyl (C=O) groups is 1. The molecule has 0 saturated heterocycles. The monoisotopic (exact) mass is 312 g/mol. The Kier molecular flexibility index (Phi) is 4.49. The molecular weight excluding hydrogens is 296 g/mol. The van der Waals surface area contributed by atoms with Gasteiger partial charge in [0.1, 0.15) is 11.8 Å². The first-order chi connectivity index (χ1) is 11.3. The summed E-state index contributed by atoms with van der Waals surface area (Å²) in [7, 11) is 0. The average molecular weight is 312 g/mol. The zero-order valence-corrected chi connectivity index (χ0v) is 12.3. The third kappa shape index (κ3) is 3.64. The predicted molar refractivity (Wildman–Crippen MR) is 81.6 cm³/mol. The second kappa shape index (κ2) is 6.89. The van der Waals surface area contributed by atoms with Gasteiger partial charge in [0.15, 0.2) is 5.69 Å². The summed E-state index contributed by atoms with van der Waals surface area (Å²) in [4.78, 5) is 12.2. The van der Waals surface area contributed by atoms with E-state index in [0.29, 0.717) is 12.3 Å².